The third kappa shape index (κ3) is 6.70. The van der Waals surface area contributed by atoms with Gasteiger partial charge in [-0.25, -0.2) is 9.18 Å². The number of Topliss-reactive ketones (excluding diaryl/α,β-unsaturated/α-hetero) is 1. The lowest BCUT2D eigenvalue weighted by molar-refractivity contribution is 0.0690. The van der Waals surface area contributed by atoms with Crippen LogP contribution < -0.4 is 9.47 Å². The molecule has 0 amide bonds. The highest BCUT2D eigenvalue weighted by Crippen LogP contribution is 2.33. The normalized spacial score (nSPS) is 12.3. The molecule has 0 saturated heterocycles. The summed E-state index contributed by atoms with van der Waals surface area (Å²) in [7, 11) is 0. The van der Waals surface area contributed by atoms with E-state index in [0.29, 0.717) is 17.7 Å². The minimum atomic E-state index is -1.36. The number of hydrogen-bond acceptors (Lipinski definition) is 5. The molecule has 2 aromatic rings. The van der Waals surface area contributed by atoms with Crippen LogP contribution in [0.5, 0.6) is 17.2 Å². The maximum atomic E-state index is 13.5. The van der Waals surface area contributed by atoms with Gasteiger partial charge in [0.15, 0.2) is 5.78 Å². The minimum Gasteiger partial charge on any atom is -0.507 e. The molecule has 2 aromatic carbocycles. The van der Waals surface area contributed by atoms with Crippen LogP contribution in [0.4, 0.5) is 4.39 Å². The van der Waals surface area contributed by atoms with Gasteiger partial charge in [0.25, 0.3) is 0 Å². The van der Waals surface area contributed by atoms with Gasteiger partial charge < -0.3 is 19.7 Å². The molecule has 0 aromatic heterocycles. The second-order valence-electron chi connectivity index (χ2n) is 8.92. The van der Waals surface area contributed by atoms with Crippen LogP contribution in [0.25, 0.3) is 0 Å². The number of hydrogen-bond donors (Lipinski definition) is 2. The average Bonchev–Trinajstić information content (AvgIpc) is 2.66. The fraction of sp³-hybridized carbons (Fsp3) is 0.417. The number of ketones is 1. The van der Waals surface area contributed by atoms with Gasteiger partial charge in [-0.1, -0.05) is 27.7 Å². The Balaban J connectivity index is 1.97. The number of ether oxygens (including phenoxy) is 2. The molecule has 0 saturated carbocycles. The average molecular weight is 432 g/mol. The highest BCUT2D eigenvalue weighted by molar-refractivity contribution is 5.99. The van der Waals surface area contributed by atoms with Crippen LogP contribution >= 0.6 is 0 Å². The van der Waals surface area contributed by atoms with Crippen molar-refractivity contribution in [2.45, 2.75) is 41.0 Å². The summed E-state index contributed by atoms with van der Waals surface area (Å²) in [5, 5.41) is 19.4. The molecule has 0 heterocycles. The van der Waals surface area contributed by atoms with Crippen molar-refractivity contribution in [2.24, 2.45) is 11.3 Å². The predicted molar refractivity (Wildman–Crippen MR) is 115 cm³/mol. The topological polar surface area (TPSA) is 93.1 Å². The number of rotatable bonds is 9. The summed E-state index contributed by atoms with van der Waals surface area (Å²) in [5.74, 6) is -1.76. The molecule has 6 nitrogen and oxygen atoms in total. The minimum absolute atomic E-state index is 0.0804. The van der Waals surface area contributed by atoms with Crippen molar-refractivity contribution >= 4 is 11.8 Å². The van der Waals surface area contributed by atoms with Crippen LogP contribution in [-0.4, -0.2) is 35.2 Å². The number of carboxylic acid groups (broad SMARTS) is 1. The summed E-state index contributed by atoms with van der Waals surface area (Å²) in [5.41, 5.74) is 0.130. The molecule has 0 spiro atoms. The fourth-order valence-corrected chi connectivity index (χ4v) is 2.92. The third-order valence-electron chi connectivity index (χ3n) is 4.60. The van der Waals surface area contributed by atoms with E-state index in [-0.39, 0.29) is 47.4 Å². The van der Waals surface area contributed by atoms with E-state index in [2.05, 4.69) is 0 Å². The van der Waals surface area contributed by atoms with Crippen LogP contribution in [0, 0.1) is 24.1 Å². The second-order valence-corrected chi connectivity index (χ2v) is 8.92. The van der Waals surface area contributed by atoms with Crippen LogP contribution in [0.1, 0.15) is 60.4 Å². The number of carbonyl (C=O) groups excluding carboxylic acids is 1. The number of carbonyl (C=O) groups is 2. The molecule has 1 atom stereocenters. The van der Waals surface area contributed by atoms with Crippen LogP contribution in [0.3, 0.4) is 0 Å². The van der Waals surface area contributed by atoms with Crippen molar-refractivity contribution in [1.82, 2.24) is 0 Å². The standard InChI is InChI=1S/C24H29FO6/c1-14(12-30-16-6-8-19(25)18(10-16)23(28)29)13-31-21-9-7-17(22(27)15(21)2)20(26)11-24(3,4)5/h6-10,14,27H,11-13H2,1-5H3,(H,28,29)/t14-/m1/s1. The van der Waals surface area contributed by atoms with Crippen molar-refractivity contribution in [3.05, 3.63) is 52.8 Å². The summed E-state index contributed by atoms with van der Waals surface area (Å²) >= 11 is 0. The zero-order chi connectivity index (χ0) is 23.3. The molecule has 168 valence electrons. The van der Waals surface area contributed by atoms with Crippen molar-refractivity contribution in [3.8, 4) is 17.2 Å². The first-order valence-corrected chi connectivity index (χ1v) is 10.0. The molecular weight excluding hydrogens is 403 g/mol. The molecule has 2 N–H and O–H groups in total. The number of aromatic carboxylic acids is 1. The maximum Gasteiger partial charge on any atom is 0.338 e. The molecular formula is C24H29FO6. The molecule has 31 heavy (non-hydrogen) atoms. The maximum absolute atomic E-state index is 13.5. The molecule has 0 radical (unpaired) electrons. The van der Waals surface area contributed by atoms with Gasteiger partial charge in [-0.15, -0.1) is 0 Å². The number of benzene rings is 2. The fourth-order valence-electron chi connectivity index (χ4n) is 2.92. The highest BCUT2D eigenvalue weighted by Gasteiger charge is 2.22. The van der Waals surface area contributed by atoms with Crippen molar-refractivity contribution in [3.63, 3.8) is 0 Å². The molecule has 0 fully saturated rings. The van der Waals surface area contributed by atoms with E-state index in [9.17, 15) is 19.1 Å². The third-order valence-corrected chi connectivity index (χ3v) is 4.60. The van der Waals surface area contributed by atoms with Gasteiger partial charge in [-0.05, 0) is 42.7 Å². The first-order valence-electron chi connectivity index (χ1n) is 10.0. The number of phenols is 1. The number of phenolic OH excluding ortho intramolecular Hbond substituents is 1. The second kappa shape index (κ2) is 9.81. The van der Waals surface area contributed by atoms with Gasteiger partial charge >= 0.3 is 5.97 Å². The number of carboxylic acids is 1. The Kier molecular flexibility index (Phi) is 7.65. The Hall–Kier alpha value is -3.09. The van der Waals surface area contributed by atoms with Gasteiger partial charge in [0, 0.05) is 17.9 Å². The zero-order valence-corrected chi connectivity index (χ0v) is 18.5. The monoisotopic (exact) mass is 432 g/mol. The van der Waals surface area contributed by atoms with Gasteiger partial charge in [-0.2, -0.15) is 0 Å². The van der Waals surface area contributed by atoms with Crippen molar-refractivity contribution in [1.29, 1.82) is 0 Å². The van der Waals surface area contributed by atoms with E-state index in [1.165, 1.54) is 6.07 Å². The first kappa shape index (κ1) is 24.2. The Bertz CT molecular complexity index is 961. The van der Waals surface area contributed by atoms with Gasteiger partial charge in [-0.3, -0.25) is 4.79 Å². The van der Waals surface area contributed by atoms with E-state index in [4.69, 9.17) is 14.6 Å². The SMILES string of the molecule is Cc1c(OC[C@H](C)COc2ccc(F)c(C(=O)O)c2)ccc(C(=O)CC(C)(C)C)c1O. The van der Waals surface area contributed by atoms with Crippen LogP contribution in [-0.2, 0) is 0 Å². The lowest BCUT2D eigenvalue weighted by Crippen LogP contribution is -2.17. The Morgan fingerprint density at radius 3 is 2.32 bits per heavy atom. The summed E-state index contributed by atoms with van der Waals surface area (Å²) in [6, 6.07) is 6.79. The lowest BCUT2D eigenvalue weighted by Gasteiger charge is -2.19. The molecule has 7 heteroatoms. The quantitative estimate of drug-likeness (QED) is 0.526. The molecule has 0 unspecified atom stereocenters. The molecule has 2 rings (SSSR count). The molecule has 0 bridgehead atoms. The number of halogens is 1. The van der Waals surface area contributed by atoms with E-state index in [0.717, 1.165) is 12.1 Å². The molecule has 0 aliphatic rings. The summed E-state index contributed by atoms with van der Waals surface area (Å²) in [6.07, 6.45) is 0.321. The largest absolute Gasteiger partial charge is 0.507 e. The number of aromatic hydroxyl groups is 1. The van der Waals surface area contributed by atoms with Crippen LogP contribution in [0.2, 0.25) is 0 Å². The van der Waals surface area contributed by atoms with Crippen molar-refractivity contribution in [2.75, 3.05) is 13.2 Å². The van der Waals surface area contributed by atoms with Crippen LogP contribution in [0.15, 0.2) is 30.3 Å². The van der Waals surface area contributed by atoms with E-state index in [1.54, 1.807) is 19.1 Å². The van der Waals surface area contributed by atoms with Gasteiger partial charge in [0.1, 0.15) is 23.1 Å². The summed E-state index contributed by atoms with van der Waals surface area (Å²) in [4.78, 5) is 23.4. The Labute approximate surface area is 181 Å². The molecule has 0 aliphatic heterocycles. The predicted octanol–water partition coefficient (Wildman–Crippen LogP) is 5.25. The smallest absolute Gasteiger partial charge is 0.338 e. The Morgan fingerprint density at radius 1 is 1.06 bits per heavy atom. The Morgan fingerprint density at radius 2 is 1.71 bits per heavy atom. The van der Waals surface area contributed by atoms with E-state index < -0.39 is 17.3 Å². The van der Waals surface area contributed by atoms with E-state index >= 15 is 0 Å². The van der Waals surface area contributed by atoms with Crippen molar-refractivity contribution < 1.29 is 33.7 Å². The summed E-state index contributed by atoms with van der Waals surface area (Å²) in [6.45, 7) is 9.93. The van der Waals surface area contributed by atoms with E-state index in [1.807, 2.05) is 27.7 Å². The zero-order valence-electron chi connectivity index (χ0n) is 18.5. The van der Waals surface area contributed by atoms with Gasteiger partial charge in [0.05, 0.1) is 24.3 Å². The highest BCUT2D eigenvalue weighted by atomic mass is 19.1. The summed E-state index contributed by atoms with van der Waals surface area (Å²) < 4.78 is 24.8. The lowest BCUT2D eigenvalue weighted by atomic mass is 9.87. The first-order chi connectivity index (χ1) is 14.4. The molecule has 0 aliphatic carbocycles. The van der Waals surface area contributed by atoms with Gasteiger partial charge in [0.2, 0.25) is 0 Å².